The minimum absolute atomic E-state index is 0.00411. The number of Topliss-reactive ketones (excluding diaryl/α,β-unsaturated/α-hetero) is 1. The highest BCUT2D eigenvalue weighted by Crippen LogP contribution is 2.39. The zero-order valence-corrected chi connectivity index (χ0v) is 18.1. The van der Waals surface area contributed by atoms with Gasteiger partial charge in [0, 0.05) is 12.1 Å². The Morgan fingerprint density at radius 2 is 1.52 bits per heavy atom. The van der Waals surface area contributed by atoms with Gasteiger partial charge in [0.25, 0.3) is 11.7 Å². The smallest absolute Gasteiger partial charge is 0.295 e. The van der Waals surface area contributed by atoms with E-state index in [2.05, 4.69) is 0 Å². The van der Waals surface area contributed by atoms with Crippen molar-refractivity contribution in [2.75, 3.05) is 27.4 Å². The van der Waals surface area contributed by atoms with Gasteiger partial charge in [-0.05, 0) is 55.8 Å². The maximum Gasteiger partial charge on any atom is 0.295 e. The fraction of sp³-hybridized carbons (Fsp3) is 0.333. The summed E-state index contributed by atoms with van der Waals surface area (Å²) in [5, 5.41) is 11.0. The summed E-state index contributed by atoms with van der Waals surface area (Å²) in [7, 11) is 3.11. The molecule has 7 heteroatoms. The van der Waals surface area contributed by atoms with Crippen molar-refractivity contribution in [3.63, 3.8) is 0 Å². The summed E-state index contributed by atoms with van der Waals surface area (Å²) in [5.74, 6) is -0.343. The molecule has 7 nitrogen and oxygen atoms in total. The molecular weight excluding hydrogens is 398 g/mol. The van der Waals surface area contributed by atoms with E-state index in [1.165, 1.54) is 4.90 Å². The summed E-state index contributed by atoms with van der Waals surface area (Å²) in [6.45, 7) is 4.30. The van der Waals surface area contributed by atoms with Crippen LogP contribution in [0.1, 0.15) is 31.0 Å². The van der Waals surface area contributed by atoms with E-state index >= 15 is 0 Å². The number of methoxy groups -OCH3 is 2. The number of ketones is 1. The second kappa shape index (κ2) is 9.66. The fourth-order valence-electron chi connectivity index (χ4n) is 3.53. The monoisotopic (exact) mass is 425 g/mol. The molecule has 1 fully saturated rings. The molecular formula is C24H27NO6. The van der Waals surface area contributed by atoms with Crippen LogP contribution in [0.2, 0.25) is 0 Å². The lowest BCUT2D eigenvalue weighted by molar-refractivity contribution is -0.140. The molecule has 1 saturated heterocycles. The topological polar surface area (TPSA) is 85.3 Å². The Balaban J connectivity index is 2.06. The van der Waals surface area contributed by atoms with Gasteiger partial charge in [0.15, 0.2) is 0 Å². The summed E-state index contributed by atoms with van der Waals surface area (Å²) in [6.07, 6.45) is -0.00411. The average Bonchev–Trinajstić information content (AvgIpc) is 3.03. The van der Waals surface area contributed by atoms with Crippen molar-refractivity contribution in [2.45, 2.75) is 26.0 Å². The van der Waals surface area contributed by atoms with Gasteiger partial charge in [-0.15, -0.1) is 0 Å². The number of carbonyl (C=O) groups is 2. The Hall–Kier alpha value is -3.32. The first-order chi connectivity index (χ1) is 14.9. The van der Waals surface area contributed by atoms with Crippen LogP contribution >= 0.6 is 0 Å². The largest absolute Gasteiger partial charge is 0.507 e. The number of benzene rings is 2. The molecule has 0 bridgehead atoms. The number of amides is 1. The van der Waals surface area contributed by atoms with Crippen molar-refractivity contribution in [2.24, 2.45) is 0 Å². The second-order valence-electron chi connectivity index (χ2n) is 7.41. The lowest BCUT2D eigenvalue weighted by Gasteiger charge is -2.25. The van der Waals surface area contributed by atoms with E-state index in [-0.39, 0.29) is 30.6 Å². The van der Waals surface area contributed by atoms with Gasteiger partial charge < -0.3 is 24.2 Å². The summed E-state index contributed by atoms with van der Waals surface area (Å²) < 4.78 is 16.0. The molecule has 2 aromatic carbocycles. The van der Waals surface area contributed by atoms with Gasteiger partial charge in [0.1, 0.15) is 17.3 Å². The van der Waals surface area contributed by atoms with Crippen LogP contribution in [0.3, 0.4) is 0 Å². The molecule has 1 unspecified atom stereocenters. The number of aliphatic hydroxyl groups is 1. The van der Waals surface area contributed by atoms with Gasteiger partial charge in [0.2, 0.25) is 0 Å². The molecule has 0 aliphatic carbocycles. The number of nitrogens with zero attached hydrogens (tertiary/aromatic N) is 1. The van der Waals surface area contributed by atoms with Crippen molar-refractivity contribution in [3.05, 3.63) is 65.2 Å². The molecule has 1 N–H and O–H groups in total. The van der Waals surface area contributed by atoms with Gasteiger partial charge in [-0.25, -0.2) is 0 Å². The van der Waals surface area contributed by atoms with Crippen molar-refractivity contribution < 1.29 is 28.9 Å². The van der Waals surface area contributed by atoms with Crippen molar-refractivity contribution in [1.82, 2.24) is 4.90 Å². The average molecular weight is 425 g/mol. The lowest BCUT2D eigenvalue weighted by Crippen LogP contribution is -2.33. The molecule has 2 aromatic rings. The Labute approximate surface area is 181 Å². The fourth-order valence-corrected chi connectivity index (χ4v) is 3.53. The normalized spacial score (nSPS) is 18.0. The quantitative estimate of drug-likeness (QED) is 0.396. The maximum absolute atomic E-state index is 13.0. The van der Waals surface area contributed by atoms with Crippen LogP contribution in [-0.4, -0.2) is 55.2 Å². The Morgan fingerprint density at radius 3 is 2.03 bits per heavy atom. The number of ether oxygens (including phenoxy) is 3. The lowest BCUT2D eigenvalue weighted by atomic mass is 9.95. The Bertz CT molecular complexity index is 963. The molecule has 1 amide bonds. The van der Waals surface area contributed by atoms with Crippen molar-refractivity contribution in [3.8, 4) is 11.5 Å². The zero-order chi connectivity index (χ0) is 22.5. The van der Waals surface area contributed by atoms with Crippen molar-refractivity contribution in [1.29, 1.82) is 0 Å². The van der Waals surface area contributed by atoms with Gasteiger partial charge in [-0.1, -0.05) is 12.1 Å². The molecule has 1 atom stereocenters. The highest BCUT2D eigenvalue weighted by atomic mass is 16.5. The third-order valence-electron chi connectivity index (χ3n) is 5.12. The number of carbonyl (C=O) groups excluding carboxylic acids is 2. The number of rotatable bonds is 8. The summed E-state index contributed by atoms with van der Waals surface area (Å²) in [6, 6.07) is 13.0. The van der Waals surface area contributed by atoms with Crippen molar-refractivity contribution >= 4 is 17.4 Å². The van der Waals surface area contributed by atoms with E-state index in [4.69, 9.17) is 14.2 Å². The number of hydrogen-bond acceptors (Lipinski definition) is 6. The van der Waals surface area contributed by atoms with Crippen LogP contribution in [-0.2, 0) is 14.3 Å². The molecule has 31 heavy (non-hydrogen) atoms. The van der Waals surface area contributed by atoms with E-state index in [0.717, 1.165) is 0 Å². The second-order valence-corrected chi connectivity index (χ2v) is 7.41. The number of likely N-dealkylation sites (tertiary alicyclic amines) is 1. The van der Waals surface area contributed by atoms with E-state index in [1.54, 1.807) is 62.8 Å². The van der Waals surface area contributed by atoms with Gasteiger partial charge >= 0.3 is 0 Å². The number of hydrogen-bond donors (Lipinski definition) is 1. The third kappa shape index (κ3) is 4.72. The molecule has 164 valence electrons. The minimum Gasteiger partial charge on any atom is -0.507 e. The van der Waals surface area contributed by atoms with E-state index in [0.29, 0.717) is 22.6 Å². The molecule has 1 aliphatic rings. The standard InChI is InChI=1S/C24H27NO6/c1-15(2)31-14-13-25-21(16-5-9-18(29-3)10-6-16)20(23(27)24(25)28)22(26)17-7-11-19(30-4)12-8-17/h5-12,15,21,26H,13-14H2,1-4H3/b22-20-. The van der Waals surface area contributed by atoms with Crippen LogP contribution in [0.5, 0.6) is 11.5 Å². The van der Waals surface area contributed by atoms with Gasteiger partial charge in [0.05, 0.1) is 38.5 Å². The predicted molar refractivity (Wildman–Crippen MR) is 116 cm³/mol. The minimum atomic E-state index is -0.733. The van der Waals surface area contributed by atoms with Crippen LogP contribution in [0.15, 0.2) is 54.1 Å². The van der Waals surface area contributed by atoms with Gasteiger partial charge in [-0.2, -0.15) is 0 Å². The first-order valence-corrected chi connectivity index (χ1v) is 10.1. The Kier molecular flexibility index (Phi) is 6.97. The van der Waals surface area contributed by atoms with E-state index in [9.17, 15) is 14.7 Å². The predicted octanol–water partition coefficient (Wildman–Crippen LogP) is 3.55. The van der Waals surface area contributed by atoms with E-state index in [1.807, 2.05) is 13.8 Å². The summed E-state index contributed by atoms with van der Waals surface area (Å²) >= 11 is 0. The molecule has 1 aliphatic heterocycles. The van der Waals surface area contributed by atoms with Crippen LogP contribution in [0, 0.1) is 0 Å². The zero-order valence-electron chi connectivity index (χ0n) is 18.1. The molecule has 1 heterocycles. The maximum atomic E-state index is 13.0. The SMILES string of the molecule is COc1ccc(/C(O)=C2/C(=O)C(=O)N(CCOC(C)C)C2c2ccc(OC)cc2)cc1. The number of aliphatic hydroxyl groups excluding tert-OH is 1. The van der Waals surface area contributed by atoms with Gasteiger partial charge in [-0.3, -0.25) is 9.59 Å². The molecule has 0 saturated carbocycles. The molecule has 0 aromatic heterocycles. The molecule has 3 rings (SSSR count). The highest BCUT2D eigenvalue weighted by Gasteiger charge is 2.45. The first-order valence-electron chi connectivity index (χ1n) is 10.1. The van der Waals surface area contributed by atoms with Crippen LogP contribution in [0.4, 0.5) is 0 Å². The first kappa shape index (κ1) is 22.4. The van der Waals surface area contributed by atoms with Crippen LogP contribution in [0.25, 0.3) is 5.76 Å². The van der Waals surface area contributed by atoms with E-state index < -0.39 is 17.7 Å². The molecule has 0 spiro atoms. The molecule has 0 radical (unpaired) electrons. The highest BCUT2D eigenvalue weighted by molar-refractivity contribution is 6.46. The Morgan fingerprint density at radius 1 is 0.968 bits per heavy atom. The summed E-state index contributed by atoms with van der Waals surface area (Å²) in [4.78, 5) is 27.3. The summed E-state index contributed by atoms with van der Waals surface area (Å²) in [5.41, 5.74) is 1.17. The van der Waals surface area contributed by atoms with Crippen LogP contribution < -0.4 is 9.47 Å². The third-order valence-corrected chi connectivity index (χ3v) is 5.12.